The van der Waals surface area contributed by atoms with E-state index >= 15 is 0 Å². The first kappa shape index (κ1) is 7.21. The minimum atomic E-state index is -0.755. The van der Waals surface area contributed by atoms with Gasteiger partial charge in [-0.05, 0) is 6.42 Å². The molecule has 12 heavy (non-hydrogen) atoms. The third-order valence-electron chi connectivity index (χ3n) is 2.10. The molecule has 1 atom stereocenters. The van der Waals surface area contributed by atoms with E-state index in [0.717, 1.165) is 11.3 Å². The zero-order valence-corrected chi connectivity index (χ0v) is 6.41. The number of carboxylic acid groups (broad SMARTS) is 1. The van der Waals surface area contributed by atoms with Crippen LogP contribution in [0.5, 0.6) is 0 Å². The molecule has 0 aliphatic carbocycles. The number of nitrogens with one attached hydrogen (secondary N) is 1. The molecule has 0 spiro atoms. The second kappa shape index (κ2) is 2.55. The van der Waals surface area contributed by atoms with Gasteiger partial charge >= 0.3 is 5.97 Å². The van der Waals surface area contributed by atoms with Crippen molar-refractivity contribution >= 4 is 11.7 Å². The Hall–Kier alpha value is -1.45. The average Bonchev–Trinajstić information content (AvgIpc) is 2.49. The highest BCUT2D eigenvalue weighted by Gasteiger charge is 2.24. The summed E-state index contributed by atoms with van der Waals surface area (Å²) in [5.74, 6) is -1.08. The molecule has 1 aliphatic rings. The summed E-state index contributed by atoms with van der Waals surface area (Å²) in [6.45, 7) is 0.488. The number of furan rings is 1. The highest BCUT2D eigenvalue weighted by atomic mass is 16.4. The molecular weight excluding hydrogens is 158 g/mol. The second-order valence-electron chi connectivity index (χ2n) is 2.93. The van der Waals surface area contributed by atoms with Crippen LogP contribution in [0.25, 0.3) is 0 Å². The normalized spacial score (nSPS) is 21.2. The van der Waals surface area contributed by atoms with Gasteiger partial charge < -0.3 is 14.8 Å². The fourth-order valence-electron chi connectivity index (χ4n) is 1.38. The van der Waals surface area contributed by atoms with Crippen molar-refractivity contribution in [3.8, 4) is 0 Å². The highest BCUT2D eigenvalue weighted by molar-refractivity contribution is 5.73. The first-order valence-electron chi connectivity index (χ1n) is 3.79. The minimum Gasteiger partial charge on any atom is -0.481 e. The van der Waals surface area contributed by atoms with Crippen molar-refractivity contribution in [2.45, 2.75) is 6.42 Å². The van der Waals surface area contributed by atoms with Crippen LogP contribution in [-0.2, 0) is 11.2 Å². The molecule has 0 amide bonds. The van der Waals surface area contributed by atoms with Crippen LogP contribution >= 0.6 is 0 Å². The Labute approximate surface area is 69.2 Å². The van der Waals surface area contributed by atoms with Crippen molar-refractivity contribution in [1.29, 1.82) is 0 Å². The standard InChI is InChI=1S/C8H9NO3/c10-8(11)5-1-6-3-12-4-7(6)9-2-5/h3-5,9H,1-2H2,(H,10,11). The molecule has 4 nitrogen and oxygen atoms in total. The van der Waals surface area contributed by atoms with Crippen LogP contribution in [0.15, 0.2) is 16.9 Å². The van der Waals surface area contributed by atoms with Crippen LogP contribution in [0.2, 0.25) is 0 Å². The summed E-state index contributed by atoms with van der Waals surface area (Å²) in [7, 11) is 0. The molecule has 4 heteroatoms. The maximum atomic E-state index is 10.6. The van der Waals surface area contributed by atoms with Gasteiger partial charge in [-0.25, -0.2) is 0 Å². The SMILES string of the molecule is O=C(O)C1CNc2cocc2C1. The quantitative estimate of drug-likeness (QED) is 0.653. The Morgan fingerprint density at radius 2 is 2.50 bits per heavy atom. The molecular formula is C8H9NO3. The molecule has 1 aromatic rings. The van der Waals surface area contributed by atoms with Crippen molar-refractivity contribution in [2.75, 3.05) is 11.9 Å². The molecule has 0 saturated carbocycles. The Bertz CT molecular complexity index is 305. The van der Waals surface area contributed by atoms with Gasteiger partial charge in [0.1, 0.15) is 6.26 Å². The van der Waals surface area contributed by atoms with Gasteiger partial charge in [-0.2, -0.15) is 0 Å². The topological polar surface area (TPSA) is 62.5 Å². The molecule has 2 rings (SSSR count). The van der Waals surface area contributed by atoms with Crippen LogP contribution in [0.4, 0.5) is 5.69 Å². The van der Waals surface area contributed by atoms with Gasteiger partial charge in [0.2, 0.25) is 0 Å². The zero-order valence-electron chi connectivity index (χ0n) is 6.41. The Balaban J connectivity index is 2.20. The smallest absolute Gasteiger partial charge is 0.308 e. The Morgan fingerprint density at radius 3 is 3.25 bits per heavy atom. The van der Waals surface area contributed by atoms with Crippen molar-refractivity contribution in [2.24, 2.45) is 5.92 Å². The first-order valence-corrected chi connectivity index (χ1v) is 3.79. The third kappa shape index (κ3) is 1.05. The molecule has 0 saturated heterocycles. The van der Waals surface area contributed by atoms with E-state index in [9.17, 15) is 4.79 Å². The Kier molecular flexibility index (Phi) is 1.53. The number of hydrogen-bond acceptors (Lipinski definition) is 3. The van der Waals surface area contributed by atoms with Crippen molar-refractivity contribution in [3.63, 3.8) is 0 Å². The minimum absolute atomic E-state index is 0.324. The average molecular weight is 167 g/mol. The lowest BCUT2D eigenvalue weighted by Gasteiger charge is -2.19. The van der Waals surface area contributed by atoms with Crippen LogP contribution < -0.4 is 5.32 Å². The number of carbonyl (C=O) groups is 1. The lowest BCUT2D eigenvalue weighted by Crippen LogP contribution is -2.28. The lowest BCUT2D eigenvalue weighted by molar-refractivity contribution is -0.141. The number of hydrogen-bond donors (Lipinski definition) is 2. The van der Waals surface area contributed by atoms with Gasteiger partial charge in [0.15, 0.2) is 0 Å². The maximum absolute atomic E-state index is 10.6. The van der Waals surface area contributed by atoms with Crippen LogP contribution in [0, 0.1) is 5.92 Å². The fraction of sp³-hybridized carbons (Fsp3) is 0.375. The summed E-state index contributed by atoms with van der Waals surface area (Å²) in [4.78, 5) is 10.6. The molecule has 1 aromatic heterocycles. The summed E-state index contributed by atoms with van der Waals surface area (Å²) in [5.41, 5.74) is 1.88. The molecule has 2 N–H and O–H groups in total. The number of fused-ring (bicyclic) bond motifs is 1. The Morgan fingerprint density at radius 1 is 1.67 bits per heavy atom. The maximum Gasteiger partial charge on any atom is 0.308 e. The number of carboxylic acids is 1. The second-order valence-corrected chi connectivity index (χ2v) is 2.93. The molecule has 64 valence electrons. The molecule has 0 fully saturated rings. The zero-order chi connectivity index (χ0) is 8.55. The summed E-state index contributed by atoms with van der Waals surface area (Å²) < 4.78 is 4.94. The highest BCUT2D eigenvalue weighted by Crippen LogP contribution is 2.25. The van der Waals surface area contributed by atoms with Crippen molar-refractivity contribution in [3.05, 3.63) is 18.1 Å². The van der Waals surface area contributed by atoms with Gasteiger partial charge in [0, 0.05) is 12.1 Å². The first-order chi connectivity index (χ1) is 5.77. The lowest BCUT2D eigenvalue weighted by atomic mass is 9.97. The number of anilines is 1. The van der Waals surface area contributed by atoms with Crippen LogP contribution in [0.1, 0.15) is 5.56 Å². The van der Waals surface area contributed by atoms with Gasteiger partial charge in [-0.3, -0.25) is 4.79 Å². The van der Waals surface area contributed by atoms with Gasteiger partial charge in [0.05, 0.1) is 17.9 Å². The number of aliphatic carboxylic acids is 1. The van der Waals surface area contributed by atoms with E-state index in [1.807, 2.05) is 0 Å². The van der Waals surface area contributed by atoms with Crippen LogP contribution in [0.3, 0.4) is 0 Å². The summed E-state index contributed by atoms with van der Waals surface area (Å²) in [6.07, 6.45) is 3.76. The third-order valence-corrected chi connectivity index (χ3v) is 2.10. The van der Waals surface area contributed by atoms with E-state index in [1.165, 1.54) is 0 Å². The van der Waals surface area contributed by atoms with Gasteiger partial charge in [-0.1, -0.05) is 0 Å². The van der Waals surface area contributed by atoms with Crippen molar-refractivity contribution in [1.82, 2.24) is 0 Å². The largest absolute Gasteiger partial charge is 0.481 e. The molecule has 0 aromatic carbocycles. The monoisotopic (exact) mass is 167 g/mol. The molecule has 2 heterocycles. The van der Waals surface area contributed by atoms with E-state index in [4.69, 9.17) is 9.52 Å². The van der Waals surface area contributed by atoms with Gasteiger partial charge in [0.25, 0.3) is 0 Å². The molecule has 0 bridgehead atoms. The van der Waals surface area contributed by atoms with E-state index in [-0.39, 0.29) is 5.92 Å². The summed E-state index contributed by atoms with van der Waals surface area (Å²) >= 11 is 0. The van der Waals surface area contributed by atoms with E-state index in [0.29, 0.717) is 13.0 Å². The molecule has 1 unspecified atom stereocenters. The van der Waals surface area contributed by atoms with E-state index in [1.54, 1.807) is 12.5 Å². The van der Waals surface area contributed by atoms with Crippen molar-refractivity contribution < 1.29 is 14.3 Å². The molecule has 1 aliphatic heterocycles. The van der Waals surface area contributed by atoms with Gasteiger partial charge in [-0.15, -0.1) is 0 Å². The van der Waals surface area contributed by atoms with E-state index < -0.39 is 5.97 Å². The van der Waals surface area contributed by atoms with E-state index in [2.05, 4.69) is 5.32 Å². The van der Waals surface area contributed by atoms with Crippen LogP contribution in [-0.4, -0.2) is 17.6 Å². The summed E-state index contributed by atoms with van der Waals surface area (Å²) in [5, 5.41) is 11.7. The predicted octanol–water partition coefficient (Wildman–Crippen LogP) is 0.948. The number of rotatable bonds is 1. The fourth-order valence-corrected chi connectivity index (χ4v) is 1.38. The summed E-state index contributed by atoms with van der Waals surface area (Å²) in [6, 6.07) is 0. The molecule has 0 radical (unpaired) electrons. The predicted molar refractivity (Wildman–Crippen MR) is 42.0 cm³/mol.